The molecule has 2 N–H and O–H groups in total. The van der Waals surface area contributed by atoms with E-state index in [1.807, 2.05) is 0 Å². The van der Waals surface area contributed by atoms with Gasteiger partial charge in [0.2, 0.25) is 5.91 Å². The lowest BCUT2D eigenvalue weighted by Gasteiger charge is -2.05. The van der Waals surface area contributed by atoms with Gasteiger partial charge in [0.15, 0.2) is 0 Å². The van der Waals surface area contributed by atoms with E-state index in [1.54, 1.807) is 0 Å². The normalized spacial score (nSPS) is 13.5. The maximum Gasteiger partial charge on any atom is 0.307 e. The first-order valence-corrected chi connectivity index (χ1v) is 4.39. The molecule has 1 amide bonds. The third-order valence-electron chi connectivity index (χ3n) is 2.22. The minimum Gasteiger partial charge on any atom is -0.481 e. The van der Waals surface area contributed by atoms with Crippen LogP contribution >= 0.6 is 0 Å². The Labute approximate surface area is 84.7 Å². The van der Waals surface area contributed by atoms with Gasteiger partial charge >= 0.3 is 5.97 Å². The van der Waals surface area contributed by atoms with Crippen LogP contribution in [0.5, 0.6) is 0 Å². The molecule has 5 heteroatoms. The van der Waals surface area contributed by atoms with Gasteiger partial charge in [0.25, 0.3) is 0 Å². The number of hydrogen-bond acceptors (Lipinski definition) is 2. The van der Waals surface area contributed by atoms with E-state index in [-0.39, 0.29) is 18.7 Å². The predicted octanol–water partition coefficient (Wildman–Crippen LogP) is 0.947. The molecule has 1 heterocycles. The number of halogens is 1. The minimum absolute atomic E-state index is 0.111. The zero-order chi connectivity index (χ0) is 11.0. The number of carboxylic acid groups (broad SMARTS) is 1. The van der Waals surface area contributed by atoms with E-state index < -0.39 is 11.8 Å². The molecule has 0 bridgehead atoms. The molecule has 4 nitrogen and oxygen atoms in total. The first-order valence-electron chi connectivity index (χ1n) is 4.39. The van der Waals surface area contributed by atoms with Gasteiger partial charge in [-0.1, -0.05) is 0 Å². The molecular weight excluding hydrogens is 201 g/mol. The summed E-state index contributed by atoms with van der Waals surface area (Å²) in [5, 5.41) is 11.1. The molecule has 1 aromatic rings. The lowest BCUT2D eigenvalue weighted by atomic mass is 10.0. The zero-order valence-corrected chi connectivity index (χ0v) is 7.71. The van der Waals surface area contributed by atoms with Crippen molar-refractivity contribution in [2.75, 3.05) is 5.32 Å². The van der Waals surface area contributed by atoms with Gasteiger partial charge in [0.1, 0.15) is 5.82 Å². The number of carbonyl (C=O) groups is 2. The summed E-state index contributed by atoms with van der Waals surface area (Å²) in [4.78, 5) is 21.6. The van der Waals surface area contributed by atoms with Gasteiger partial charge in [-0.05, 0) is 23.3 Å². The summed E-state index contributed by atoms with van der Waals surface area (Å²) in [5.41, 5.74) is 1.28. The van der Waals surface area contributed by atoms with Crippen LogP contribution in [0.25, 0.3) is 0 Å². The fourth-order valence-corrected chi connectivity index (χ4v) is 1.68. The van der Waals surface area contributed by atoms with Crippen LogP contribution in [0.3, 0.4) is 0 Å². The molecular formula is C10H8FNO3. The minimum atomic E-state index is -1.05. The summed E-state index contributed by atoms with van der Waals surface area (Å²) >= 11 is 0. The summed E-state index contributed by atoms with van der Waals surface area (Å²) in [6, 6.07) is 2.39. The molecule has 15 heavy (non-hydrogen) atoms. The molecule has 2 rings (SSSR count). The molecule has 0 saturated heterocycles. The molecule has 0 fully saturated rings. The van der Waals surface area contributed by atoms with Gasteiger partial charge in [-0.15, -0.1) is 0 Å². The van der Waals surface area contributed by atoms with Gasteiger partial charge in [0.05, 0.1) is 12.8 Å². The molecule has 0 unspecified atom stereocenters. The van der Waals surface area contributed by atoms with Crippen molar-refractivity contribution in [3.63, 3.8) is 0 Å². The topological polar surface area (TPSA) is 66.4 Å². The van der Waals surface area contributed by atoms with E-state index in [4.69, 9.17) is 5.11 Å². The lowest BCUT2D eigenvalue weighted by Crippen LogP contribution is -2.07. The second kappa shape index (κ2) is 3.34. The fraction of sp³-hybridized carbons (Fsp3) is 0.200. The molecule has 78 valence electrons. The van der Waals surface area contributed by atoms with Crippen LogP contribution in [0.15, 0.2) is 12.1 Å². The number of carboxylic acids is 1. The number of anilines is 1. The number of rotatable bonds is 2. The standard InChI is InChI=1S/C10H8FNO3/c11-7-1-5-3-8(13)12-10(5)6(2-7)4-9(14)15/h1-2H,3-4H2,(H,12,13)(H,14,15). The molecule has 0 radical (unpaired) electrons. The molecule has 0 aromatic heterocycles. The van der Waals surface area contributed by atoms with E-state index in [1.165, 1.54) is 6.07 Å². The number of carbonyl (C=O) groups excluding carboxylic acids is 1. The third kappa shape index (κ3) is 1.81. The van der Waals surface area contributed by atoms with E-state index in [0.717, 1.165) is 6.07 Å². The highest BCUT2D eigenvalue weighted by atomic mass is 19.1. The van der Waals surface area contributed by atoms with Crippen molar-refractivity contribution < 1.29 is 19.1 Å². The van der Waals surface area contributed by atoms with Gasteiger partial charge in [-0.2, -0.15) is 0 Å². The first kappa shape index (κ1) is 9.64. The van der Waals surface area contributed by atoms with Gasteiger partial charge in [-0.25, -0.2) is 4.39 Å². The van der Waals surface area contributed by atoms with Crippen LogP contribution in [0.1, 0.15) is 11.1 Å². The van der Waals surface area contributed by atoms with Crippen molar-refractivity contribution in [1.82, 2.24) is 0 Å². The van der Waals surface area contributed by atoms with Crippen LogP contribution in [-0.4, -0.2) is 17.0 Å². The quantitative estimate of drug-likeness (QED) is 0.761. The Hall–Kier alpha value is -1.91. The molecule has 0 saturated carbocycles. The number of hydrogen-bond donors (Lipinski definition) is 2. The number of benzene rings is 1. The maximum absolute atomic E-state index is 13.1. The largest absolute Gasteiger partial charge is 0.481 e. The Morgan fingerprint density at radius 2 is 2.27 bits per heavy atom. The molecule has 0 spiro atoms. The maximum atomic E-state index is 13.1. The summed E-state index contributed by atoms with van der Waals surface area (Å²) in [5.74, 6) is -1.80. The molecule has 0 atom stereocenters. The van der Waals surface area contributed by atoms with E-state index in [9.17, 15) is 14.0 Å². The van der Waals surface area contributed by atoms with Crippen LogP contribution in [0.2, 0.25) is 0 Å². The Balaban J connectivity index is 2.46. The monoisotopic (exact) mass is 209 g/mol. The Morgan fingerprint density at radius 3 is 2.93 bits per heavy atom. The second-order valence-electron chi connectivity index (χ2n) is 3.39. The van der Waals surface area contributed by atoms with Crippen LogP contribution in [0.4, 0.5) is 10.1 Å². The highest BCUT2D eigenvalue weighted by Crippen LogP contribution is 2.28. The zero-order valence-electron chi connectivity index (χ0n) is 7.71. The van der Waals surface area contributed by atoms with Crippen LogP contribution in [0, 0.1) is 5.82 Å². The second-order valence-corrected chi connectivity index (χ2v) is 3.39. The summed E-state index contributed by atoms with van der Waals surface area (Å²) in [6.07, 6.45) is -0.180. The van der Waals surface area contributed by atoms with Gasteiger partial charge < -0.3 is 10.4 Å². The van der Waals surface area contributed by atoms with E-state index in [0.29, 0.717) is 16.8 Å². The van der Waals surface area contributed by atoms with E-state index >= 15 is 0 Å². The van der Waals surface area contributed by atoms with Crippen molar-refractivity contribution in [2.45, 2.75) is 12.8 Å². The summed E-state index contributed by atoms with van der Waals surface area (Å²) in [6.45, 7) is 0. The van der Waals surface area contributed by atoms with Gasteiger partial charge in [0, 0.05) is 5.69 Å². The van der Waals surface area contributed by atoms with Crippen molar-refractivity contribution in [3.05, 3.63) is 29.1 Å². The number of fused-ring (bicyclic) bond motifs is 1. The highest BCUT2D eigenvalue weighted by molar-refractivity contribution is 6.00. The summed E-state index contributed by atoms with van der Waals surface area (Å²) < 4.78 is 13.1. The average Bonchev–Trinajstić information content (AvgIpc) is 2.44. The number of amides is 1. The van der Waals surface area contributed by atoms with Crippen molar-refractivity contribution >= 4 is 17.6 Å². The third-order valence-corrected chi connectivity index (χ3v) is 2.22. The van der Waals surface area contributed by atoms with Crippen molar-refractivity contribution in [1.29, 1.82) is 0 Å². The molecule has 0 aliphatic carbocycles. The van der Waals surface area contributed by atoms with Gasteiger partial charge in [-0.3, -0.25) is 9.59 Å². The summed E-state index contributed by atoms with van der Waals surface area (Å²) in [7, 11) is 0. The number of nitrogens with one attached hydrogen (secondary N) is 1. The smallest absolute Gasteiger partial charge is 0.307 e. The highest BCUT2D eigenvalue weighted by Gasteiger charge is 2.22. The van der Waals surface area contributed by atoms with E-state index in [2.05, 4.69) is 5.32 Å². The van der Waals surface area contributed by atoms with Crippen molar-refractivity contribution in [3.8, 4) is 0 Å². The Kier molecular flexibility index (Phi) is 2.15. The Morgan fingerprint density at radius 1 is 1.53 bits per heavy atom. The molecule has 1 aromatic carbocycles. The number of aliphatic carboxylic acids is 1. The molecule has 1 aliphatic heterocycles. The molecule has 1 aliphatic rings. The SMILES string of the molecule is O=C(O)Cc1cc(F)cc2c1NC(=O)C2. The predicted molar refractivity (Wildman–Crippen MR) is 50.1 cm³/mol. The fourth-order valence-electron chi connectivity index (χ4n) is 1.68. The van der Waals surface area contributed by atoms with Crippen LogP contribution < -0.4 is 5.32 Å². The van der Waals surface area contributed by atoms with Crippen molar-refractivity contribution in [2.24, 2.45) is 0 Å². The lowest BCUT2D eigenvalue weighted by molar-refractivity contribution is -0.136. The Bertz CT molecular complexity index is 456. The van der Waals surface area contributed by atoms with Crippen LogP contribution in [-0.2, 0) is 22.4 Å². The average molecular weight is 209 g/mol. The first-order chi connectivity index (χ1) is 7.06.